The molecule has 2 heterocycles. The fourth-order valence-corrected chi connectivity index (χ4v) is 4.21. The van der Waals surface area contributed by atoms with Gasteiger partial charge in [-0.1, -0.05) is 13.0 Å². The Hall–Kier alpha value is -2.40. The molecule has 0 radical (unpaired) electrons. The van der Waals surface area contributed by atoms with Gasteiger partial charge >= 0.3 is 12.3 Å². The second-order valence-electron chi connectivity index (χ2n) is 8.48. The molecule has 0 aromatic carbocycles. The molecule has 8 nitrogen and oxygen atoms in total. The highest BCUT2D eigenvalue weighted by atomic mass is 19.4. The van der Waals surface area contributed by atoms with Gasteiger partial charge in [-0.2, -0.15) is 13.2 Å². The fraction of sp³-hybridized carbons (Fsp3) is 0.667. The Bertz CT molecular complexity index is 790. The zero-order valence-electron chi connectivity index (χ0n) is 18.2. The molecule has 1 saturated heterocycles. The number of alkyl halides is 3. The normalized spacial score (nSPS) is 26.5. The second kappa shape index (κ2) is 10.5. The summed E-state index contributed by atoms with van der Waals surface area (Å²) in [4.78, 5) is 28.3. The molecule has 4 N–H and O–H groups in total. The third kappa shape index (κ3) is 6.80. The van der Waals surface area contributed by atoms with Gasteiger partial charge in [-0.3, -0.25) is 15.2 Å². The van der Waals surface area contributed by atoms with Crippen LogP contribution in [0.2, 0.25) is 0 Å². The summed E-state index contributed by atoms with van der Waals surface area (Å²) in [5.74, 6) is 0.0723. The maximum atomic E-state index is 12.8. The minimum absolute atomic E-state index is 0.0663. The van der Waals surface area contributed by atoms with Crippen molar-refractivity contribution in [1.29, 1.82) is 0 Å². The Morgan fingerprint density at radius 2 is 2.03 bits per heavy atom. The van der Waals surface area contributed by atoms with Gasteiger partial charge in [0.15, 0.2) is 0 Å². The first kappa shape index (κ1) is 24.2. The predicted octanol–water partition coefficient (Wildman–Crippen LogP) is 2.48. The monoisotopic (exact) mass is 457 g/mol. The number of ether oxygens (including phenoxy) is 1. The van der Waals surface area contributed by atoms with Crippen molar-refractivity contribution in [3.63, 3.8) is 0 Å². The number of nitrogens with one attached hydrogen (secondary N) is 4. The van der Waals surface area contributed by atoms with E-state index in [4.69, 9.17) is 4.74 Å². The number of carbonyl (C=O) groups excluding carboxylic acids is 2. The molecule has 11 heteroatoms. The summed E-state index contributed by atoms with van der Waals surface area (Å²) in [7, 11) is 0. The zero-order valence-corrected chi connectivity index (χ0v) is 18.2. The quantitative estimate of drug-likeness (QED) is 0.502. The highest BCUT2D eigenvalue weighted by molar-refractivity contribution is 5.78. The number of carbonyl (C=O) groups is 2. The summed E-state index contributed by atoms with van der Waals surface area (Å²) in [5, 5.41) is 4.84. The molecular formula is C21H30F3N5O3. The smallest absolute Gasteiger partial charge is 0.408 e. The lowest BCUT2D eigenvalue weighted by molar-refractivity contribution is -0.155. The first-order valence-electron chi connectivity index (χ1n) is 10.9. The Kier molecular flexibility index (Phi) is 7.94. The van der Waals surface area contributed by atoms with E-state index in [1.165, 1.54) is 6.92 Å². The lowest BCUT2D eigenvalue weighted by Gasteiger charge is -2.22. The number of amides is 2. The van der Waals surface area contributed by atoms with Crippen molar-refractivity contribution in [2.45, 2.75) is 82.9 Å². The van der Waals surface area contributed by atoms with Gasteiger partial charge in [0.05, 0.1) is 12.6 Å². The molecule has 2 amide bonds. The van der Waals surface area contributed by atoms with Gasteiger partial charge < -0.3 is 15.4 Å². The van der Waals surface area contributed by atoms with Gasteiger partial charge in [0, 0.05) is 17.9 Å². The molecule has 5 atom stereocenters. The van der Waals surface area contributed by atoms with E-state index in [1.54, 1.807) is 6.20 Å². The molecule has 0 spiro atoms. The van der Waals surface area contributed by atoms with E-state index in [1.807, 2.05) is 24.4 Å². The molecule has 1 aromatic rings. The number of hydrogen-bond donors (Lipinski definition) is 4. The van der Waals surface area contributed by atoms with Crippen molar-refractivity contribution in [1.82, 2.24) is 26.5 Å². The minimum Gasteiger partial charge on any atom is -0.446 e. The molecule has 1 aromatic heterocycles. The summed E-state index contributed by atoms with van der Waals surface area (Å²) in [6, 6.07) is 1.89. The number of alkyl carbamates (subject to hydrolysis) is 1. The molecule has 2 aliphatic rings. The number of hydrogen-bond acceptors (Lipinski definition) is 6. The van der Waals surface area contributed by atoms with Crippen LogP contribution in [0.1, 0.15) is 50.3 Å². The molecule has 0 bridgehead atoms. The van der Waals surface area contributed by atoms with Crippen LogP contribution in [-0.4, -0.2) is 47.5 Å². The van der Waals surface area contributed by atoms with Crippen LogP contribution < -0.4 is 21.5 Å². The second-order valence-corrected chi connectivity index (χ2v) is 8.48. The van der Waals surface area contributed by atoms with Gasteiger partial charge in [-0.25, -0.2) is 10.2 Å². The number of aryl methyl sites for hydroxylation is 1. The average molecular weight is 457 g/mol. The van der Waals surface area contributed by atoms with Crippen LogP contribution in [0.3, 0.4) is 0 Å². The zero-order chi connectivity index (χ0) is 23.3. The van der Waals surface area contributed by atoms with Crippen LogP contribution in [0.5, 0.6) is 0 Å². The third-order valence-corrected chi connectivity index (χ3v) is 5.97. The number of rotatable bonds is 7. The van der Waals surface area contributed by atoms with E-state index >= 15 is 0 Å². The lowest BCUT2D eigenvalue weighted by Crippen LogP contribution is -2.46. The summed E-state index contributed by atoms with van der Waals surface area (Å²) in [6.07, 6.45) is -1.92. The van der Waals surface area contributed by atoms with E-state index in [0.717, 1.165) is 17.7 Å². The summed E-state index contributed by atoms with van der Waals surface area (Å²) in [5.41, 5.74) is 7.97. The summed E-state index contributed by atoms with van der Waals surface area (Å²) >= 11 is 0. The van der Waals surface area contributed by atoms with Gasteiger partial charge in [-0.05, 0) is 56.6 Å². The van der Waals surface area contributed by atoms with E-state index in [-0.39, 0.29) is 36.9 Å². The van der Waals surface area contributed by atoms with Crippen LogP contribution in [0.4, 0.5) is 18.0 Å². The minimum atomic E-state index is -4.50. The van der Waals surface area contributed by atoms with Gasteiger partial charge in [0.25, 0.3) is 0 Å². The fourth-order valence-electron chi connectivity index (χ4n) is 4.21. The number of hydrazine groups is 1. The molecule has 32 heavy (non-hydrogen) atoms. The van der Waals surface area contributed by atoms with Crippen molar-refractivity contribution in [3.05, 3.63) is 29.6 Å². The molecular weight excluding hydrogens is 427 g/mol. The summed E-state index contributed by atoms with van der Waals surface area (Å²) < 4.78 is 43.6. The van der Waals surface area contributed by atoms with Crippen molar-refractivity contribution in [3.8, 4) is 0 Å². The molecule has 178 valence electrons. The molecule has 2 fully saturated rings. The third-order valence-electron chi connectivity index (χ3n) is 5.97. The van der Waals surface area contributed by atoms with E-state index < -0.39 is 24.4 Å². The Labute approximate surface area is 185 Å². The Morgan fingerprint density at radius 1 is 1.25 bits per heavy atom. The van der Waals surface area contributed by atoms with E-state index in [0.29, 0.717) is 19.3 Å². The van der Waals surface area contributed by atoms with Crippen LogP contribution in [0.25, 0.3) is 0 Å². The molecule has 3 unspecified atom stereocenters. The first-order valence-corrected chi connectivity index (χ1v) is 10.9. The highest BCUT2D eigenvalue weighted by Crippen LogP contribution is 2.33. The van der Waals surface area contributed by atoms with Gasteiger partial charge in [-0.15, -0.1) is 0 Å². The van der Waals surface area contributed by atoms with Crippen LogP contribution in [0, 0.1) is 12.8 Å². The first-order chi connectivity index (χ1) is 15.1. The van der Waals surface area contributed by atoms with Gasteiger partial charge in [0.1, 0.15) is 12.1 Å². The molecule has 1 saturated carbocycles. The largest absolute Gasteiger partial charge is 0.446 e. The SMILES string of the molecule is CCC(NC(=O)O[C@@H]1CC[C@H](C2CC(NC(=O)Cc3ccc(C)nc3)NN2)C1)C(F)(F)F. The van der Waals surface area contributed by atoms with Crippen molar-refractivity contribution < 1.29 is 27.5 Å². The van der Waals surface area contributed by atoms with Crippen LogP contribution in [0.15, 0.2) is 18.3 Å². The number of aromatic nitrogens is 1. The Balaban J connectivity index is 1.40. The van der Waals surface area contributed by atoms with Crippen molar-refractivity contribution in [2.24, 2.45) is 5.92 Å². The number of nitrogens with zero attached hydrogens (tertiary/aromatic N) is 1. The molecule has 1 aliphatic heterocycles. The Morgan fingerprint density at radius 3 is 2.69 bits per heavy atom. The highest BCUT2D eigenvalue weighted by Gasteiger charge is 2.41. The topological polar surface area (TPSA) is 104 Å². The predicted molar refractivity (Wildman–Crippen MR) is 110 cm³/mol. The van der Waals surface area contributed by atoms with Crippen LogP contribution in [-0.2, 0) is 16.0 Å². The molecule has 1 aliphatic carbocycles. The summed E-state index contributed by atoms with van der Waals surface area (Å²) in [6.45, 7) is 3.24. The number of halogens is 3. The molecule has 3 rings (SSSR count). The standard InChI is InChI=1S/C21H30F3N5O3/c1-3-17(21(22,23)24)26-20(31)32-15-7-6-14(9-15)16-10-18(29-28-16)27-19(30)8-13-5-4-12(2)25-11-13/h4-5,11,14-18,28-29H,3,6-10H2,1-2H3,(H,26,31)(H,27,30)/t14-,15+,16?,17?,18?/m0/s1. The lowest BCUT2D eigenvalue weighted by atomic mass is 9.96. The van der Waals surface area contributed by atoms with Crippen molar-refractivity contribution >= 4 is 12.0 Å². The van der Waals surface area contributed by atoms with E-state index in [2.05, 4.69) is 21.2 Å². The van der Waals surface area contributed by atoms with E-state index in [9.17, 15) is 22.8 Å². The maximum absolute atomic E-state index is 12.8. The van der Waals surface area contributed by atoms with Gasteiger partial charge in [0.2, 0.25) is 5.91 Å². The number of pyridine rings is 1. The van der Waals surface area contributed by atoms with Crippen molar-refractivity contribution in [2.75, 3.05) is 0 Å². The van der Waals surface area contributed by atoms with Crippen LogP contribution >= 0.6 is 0 Å². The maximum Gasteiger partial charge on any atom is 0.408 e. The average Bonchev–Trinajstić information content (AvgIpc) is 3.36.